The molecule has 32 heavy (non-hydrogen) atoms. The van der Waals surface area contributed by atoms with Crippen LogP contribution in [0.2, 0.25) is 0 Å². The molecule has 0 saturated heterocycles. The molecule has 3 aromatic rings. The molecule has 3 rings (SSSR count). The Hall–Kier alpha value is -3.10. The predicted octanol–water partition coefficient (Wildman–Crippen LogP) is 6.39. The number of alkyl halides is 5. The highest BCUT2D eigenvalue weighted by Crippen LogP contribution is 2.41. The fourth-order valence-corrected chi connectivity index (χ4v) is 3.37. The highest BCUT2D eigenvalue weighted by Gasteiger charge is 2.40. The number of halogens is 5. The van der Waals surface area contributed by atoms with Gasteiger partial charge in [0.05, 0.1) is 11.3 Å². The summed E-state index contributed by atoms with van der Waals surface area (Å²) in [4.78, 5) is 14.6. The van der Waals surface area contributed by atoms with Crippen molar-refractivity contribution in [3.63, 3.8) is 0 Å². The second kappa shape index (κ2) is 8.44. The number of hydrogen-bond donors (Lipinski definition) is 2. The first-order chi connectivity index (χ1) is 14.8. The van der Waals surface area contributed by atoms with Crippen molar-refractivity contribution in [2.45, 2.75) is 44.9 Å². The maximum atomic E-state index is 15.5. The maximum absolute atomic E-state index is 15.5. The molecule has 1 heterocycles. The minimum atomic E-state index is -4.74. The summed E-state index contributed by atoms with van der Waals surface area (Å²) in [6.07, 6.45) is -5.41. The molecule has 0 atom stereocenters. The first-order valence-electron chi connectivity index (χ1n) is 9.91. The van der Waals surface area contributed by atoms with Gasteiger partial charge in [0, 0.05) is 23.0 Å². The van der Waals surface area contributed by atoms with Crippen LogP contribution in [-0.2, 0) is 23.3 Å². The van der Waals surface area contributed by atoms with Gasteiger partial charge in [-0.1, -0.05) is 30.3 Å². The van der Waals surface area contributed by atoms with Gasteiger partial charge in [0.25, 0.3) is 0 Å². The Labute approximate surface area is 181 Å². The number of H-pyrrole nitrogens is 1. The summed E-state index contributed by atoms with van der Waals surface area (Å²) >= 11 is 0. The van der Waals surface area contributed by atoms with E-state index in [2.05, 4.69) is 10.3 Å². The smallest absolute Gasteiger partial charge is 0.416 e. The second-order valence-corrected chi connectivity index (χ2v) is 8.36. The van der Waals surface area contributed by atoms with Gasteiger partial charge < -0.3 is 15.0 Å². The lowest BCUT2D eigenvalue weighted by molar-refractivity contribution is -0.137. The predicted molar refractivity (Wildman–Crippen MR) is 111 cm³/mol. The van der Waals surface area contributed by atoms with Crippen molar-refractivity contribution in [2.24, 2.45) is 0 Å². The van der Waals surface area contributed by atoms with Gasteiger partial charge in [-0.15, -0.1) is 0 Å². The van der Waals surface area contributed by atoms with Crippen molar-refractivity contribution in [1.29, 1.82) is 0 Å². The zero-order chi connectivity index (χ0) is 23.7. The number of amides is 1. The number of alkyl carbamates (subject to hydrolysis) is 1. The number of benzene rings is 2. The standard InChI is InChI=1S/C23H23F5N2O2/c1-21(2,3)32-20(31)29-12-11-17-16-9-4-5-10-18(16)30-19(17)22(24,25)14-7-6-8-15(13-14)23(26,27)28/h4-10,13,30H,11-12H2,1-3H3,(H,29,31). The summed E-state index contributed by atoms with van der Waals surface area (Å²) in [5.41, 5.74) is -2.53. The van der Waals surface area contributed by atoms with Crippen LogP contribution in [0.1, 0.15) is 43.2 Å². The third-order valence-corrected chi connectivity index (χ3v) is 4.72. The number of aromatic nitrogens is 1. The quantitative estimate of drug-likeness (QED) is 0.439. The Morgan fingerprint density at radius 3 is 2.28 bits per heavy atom. The molecular formula is C23H23F5N2O2. The Balaban J connectivity index is 1.95. The Morgan fingerprint density at radius 1 is 0.969 bits per heavy atom. The number of ether oxygens (including phenoxy) is 1. The SMILES string of the molecule is CC(C)(C)OC(=O)NCCc1c(C(F)(F)c2cccc(C(F)(F)F)c2)[nH]c2ccccc12. The lowest BCUT2D eigenvalue weighted by Gasteiger charge is -2.20. The van der Waals surface area contributed by atoms with Crippen molar-refractivity contribution in [1.82, 2.24) is 10.3 Å². The highest BCUT2D eigenvalue weighted by atomic mass is 19.4. The van der Waals surface area contributed by atoms with Crippen LogP contribution in [0.15, 0.2) is 48.5 Å². The number of nitrogens with one attached hydrogen (secondary N) is 2. The van der Waals surface area contributed by atoms with E-state index in [0.717, 1.165) is 18.2 Å². The molecule has 0 spiro atoms. The molecule has 0 radical (unpaired) electrons. The zero-order valence-corrected chi connectivity index (χ0v) is 17.7. The molecule has 0 aliphatic carbocycles. The molecule has 1 amide bonds. The summed E-state index contributed by atoms with van der Waals surface area (Å²) in [6.45, 7) is 5.09. The molecule has 2 aromatic carbocycles. The summed E-state index contributed by atoms with van der Waals surface area (Å²) in [5, 5.41) is 3.02. The van der Waals surface area contributed by atoms with Gasteiger partial charge in [-0.2, -0.15) is 22.0 Å². The molecule has 172 valence electrons. The Morgan fingerprint density at radius 2 is 1.62 bits per heavy atom. The van der Waals surface area contributed by atoms with Crippen molar-refractivity contribution in [2.75, 3.05) is 6.54 Å². The van der Waals surface area contributed by atoms with Crippen LogP contribution in [0.4, 0.5) is 26.7 Å². The molecule has 4 nitrogen and oxygen atoms in total. The Bertz CT molecular complexity index is 1110. The van der Waals surface area contributed by atoms with E-state index in [1.807, 2.05) is 0 Å². The monoisotopic (exact) mass is 454 g/mol. The van der Waals surface area contributed by atoms with E-state index in [-0.39, 0.29) is 18.5 Å². The van der Waals surface area contributed by atoms with Gasteiger partial charge in [-0.25, -0.2) is 4.79 Å². The number of carbonyl (C=O) groups is 1. The third kappa shape index (κ3) is 5.20. The van der Waals surface area contributed by atoms with E-state index in [9.17, 15) is 18.0 Å². The maximum Gasteiger partial charge on any atom is 0.416 e. The minimum Gasteiger partial charge on any atom is -0.444 e. The molecule has 0 fully saturated rings. The normalized spacial score (nSPS) is 12.8. The van der Waals surface area contributed by atoms with Gasteiger partial charge in [-0.05, 0) is 51.0 Å². The van der Waals surface area contributed by atoms with Crippen molar-refractivity contribution in [3.05, 3.63) is 70.9 Å². The average molecular weight is 454 g/mol. The van der Waals surface area contributed by atoms with E-state index < -0.39 is 40.6 Å². The molecule has 0 saturated carbocycles. The van der Waals surface area contributed by atoms with E-state index in [4.69, 9.17) is 4.74 Å². The molecule has 2 N–H and O–H groups in total. The number of hydrogen-bond acceptors (Lipinski definition) is 2. The van der Waals surface area contributed by atoms with E-state index in [1.165, 1.54) is 0 Å². The van der Waals surface area contributed by atoms with Crippen LogP contribution < -0.4 is 5.32 Å². The van der Waals surface area contributed by atoms with Crippen molar-refractivity contribution >= 4 is 17.0 Å². The van der Waals surface area contributed by atoms with Crippen LogP contribution in [0.5, 0.6) is 0 Å². The zero-order valence-electron chi connectivity index (χ0n) is 17.7. The van der Waals surface area contributed by atoms with Crippen LogP contribution >= 0.6 is 0 Å². The minimum absolute atomic E-state index is 0.00241. The number of fused-ring (bicyclic) bond motifs is 1. The van der Waals surface area contributed by atoms with Crippen molar-refractivity contribution in [3.8, 4) is 0 Å². The fourth-order valence-electron chi connectivity index (χ4n) is 3.37. The van der Waals surface area contributed by atoms with Crippen LogP contribution in [0.25, 0.3) is 10.9 Å². The number of carbonyl (C=O) groups excluding carboxylic acids is 1. The third-order valence-electron chi connectivity index (χ3n) is 4.72. The molecule has 0 aliphatic heterocycles. The molecule has 0 unspecified atom stereocenters. The van der Waals surface area contributed by atoms with Gasteiger partial charge in [0.15, 0.2) is 0 Å². The summed E-state index contributed by atoms with van der Waals surface area (Å²) in [6, 6.07) is 9.69. The van der Waals surface area contributed by atoms with Crippen LogP contribution in [0.3, 0.4) is 0 Å². The van der Waals surface area contributed by atoms with Crippen molar-refractivity contribution < 1.29 is 31.5 Å². The van der Waals surface area contributed by atoms with Gasteiger partial charge in [-0.3, -0.25) is 0 Å². The summed E-state index contributed by atoms with van der Waals surface area (Å²) in [5.74, 6) is -3.72. The molecular weight excluding hydrogens is 431 g/mol. The first kappa shape index (κ1) is 23.6. The second-order valence-electron chi connectivity index (χ2n) is 8.36. The molecule has 9 heteroatoms. The average Bonchev–Trinajstić information content (AvgIpc) is 3.06. The topological polar surface area (TPSA) is 54.1 Å². The number of para-hydroxylation sites is 1. The lowest BCUT2D eigenvalue weighted by Crippen LogP contribution is -2.33. The largest absolute Gasteiger partial charge is 0.444 e. The summed E-state index contributed by atoms with van der Waals surface area (Å²) < 4.78 is 75.2. The summed E-state index contributed by atoms with van der Waals surface area (Å²) in [7, 11) is 0. The first-order valence-corrected chi connectivity index (χ1v) is 9.91. The van der Waals surface area contributed by atoms with Crippen LogP contribution in [-0.4, -0.2) is 23.2 Å². The molecule has 0 aliphatic rings. The van der Waals surface area contributed by atoms with Crippen LogP contribution in [0, 0.1) is 0 Å². The van der Waals surface area contributed by atoms with E-state index in [0.29, 0.717) is 17.0 Å². The van der Waals surface area contributed by atoms with Gasteiger partial charge >= 0.3 is 18.2 Å². The molecule has 0 bridgehead atoms. The van der Waals surface area contributed by atoms with Gasteiger partial charge in [0.2, 0.25) is 0 Å². The highest BCUT2D eigenvalue weighted by molar-refractivity contribution is 5.85. The lowest BCUT2D eigenvalue weighted by atomic mass is 9.97. The van der Waals surface area contributed by atoms with E-state index in [1.54, 1.807) is 45.0 Å². The Kier molecular flexibility index (Phi) is 6.22. The van der Waals surface area contributed by atoms with E-state index >= 15 is 8.78 Å². The fraction of sp³-hybridized carbons (Fsp3) is 0.348. The number of rotatable bonds is 5. The number of aromatic amines is 1. The molecule has 1 aromatic heterocycles. The van der Waals surface area contributed by atoms with Gasteiger partial charge in [0.1, 0.15) is 5.60 Å².